The number of rotatable bonds is 2. The Morgan fingerprint density at radius 2 is 2.18 bits per heavy atom. The number of carbonyl (C=O) groups is 1. The van der Waals surface area contributed by atoms with Crippen molar-refractivity contribution in [2.24, 2.45) is 0 Å². The van der Waals surface area contributed by atoms with Gasteiger partial charge in [0.15, 0.2) is 0 Å². The Kier molecular flexibility index (Phi) is 2.72. The molecule has 0 aliphatic carbocycles. The van der Waals surface area contributed by atoms with Crippen LogP contribution in [0.15, 0.2) is 17.0 Å². The van der Waals surface area contributed by atoms with Crippen molar-refractivity contribution in [1.29, 1.82) is 0 Å². The van der Waals surface area contributed by atoms with E-state index in [2.05, 4.69) is 11.4 Å². The fourth-order valence-corrected chi connectivity index (χ4v) is 3.08. The molecule has 2 aliphatic heterocycles. The van der Waals surface area contributed by atoms with E-state index in [0.717, 1.165) is 35.9 Å². The molecule has 1 fully saturated rings. The van der Waals surface area contributed by atoms with Gasteiger partial charge in [0.1, 0.15) is 0 Å². The lowest BCUT2D eigenvalue weighted by molar-refractivity contribution is -0.116. The van der Waals surface area contributed by atoms with Gasteiger partial charge in [0.25, 0.3) is 0 Å². The number of amides is 1. The predicted molar refractivity (Wildman–Crippen MR) is 68.3 cm³/mol. The zero-order chi connectivity index (χ0) is 11.8. The number of hydrogen-bond acceptors (Lipinski definition) is 4. The van der Waals surface area contributed by atoms with Gasteiger partial charge in [0.2, 0.25) is 5.91 Å². The highest BCUT2D eigenvalue weighted by Gasteiger charge is 2.22. The molecule has 4 nitrogen and oxygen atoms in total. The number of nitrogens with one attached hydrogen (secondary N) is 1. The van der Waals surface area contributed by atoms with Crippen LogP contribution in [0.25, 0.3) is 0 Å². The van der Waals surface area contributed by atoms with Crippen molar-refractivity contribution in [3.05, 3.63) is 17.7 Å². The van der Waals surface area contributed by atoms with Crippen molar-refractivity contribution in [3.8, 4) is 0 Å². The number of thioether (sulfide) groups is 1. The number of nitrogens with two attached hydrogens (primary N) is 1. The van der Waals surface area contributed by atoms with Crippen molar-refractivity contribution in [2.45, 2.75) is 23.0 Å². The lowest BCUT2D eigenvalue weighted by Gasteiger charge is -2.26. The van der Waals surface area contributed by atoms with Crippen LogP contribution >= 0.6 is 11.8 Å². The topological polar surface area (TPSA) is 64.3 Å². The summed E-state index contributed by atoms with van der Waals surface area (Å²) in [5.41, 5.74) is 8.79. The highest BCUT2D eigenvalue weighted by atomic mass is 32.2. The first-order valence-electron chi connectivity index (χ1n) is 5.69. The van der Waals surface area contributed by atoms with Crippen LogP contribution < -0.4 is 11.1 Å². The maximum Gasteiger partial charge on any atom is 0.224 e. The maximum atomic E-state index is 11.3. The van der Waals surface area contributed by atoms with Crippen molar-refractivity contribution in [1.82, 2.24) is 0 Å². The van der Waals surface area contributed by atoms with Crippen LogP contribution in [0.1, 0.15) is 12.0 Å². The fraction of sp³-hybridized carbons (Fsp3) is 0.417. The molecule has 1 aromatic carbocycles. The SMILES string of the molecule is Nc1cc2c(cc1SC1COC1)CCC(=O)N2. The average Bonchev–Trinajstić information content (AvgIpc) is 2.23. The summed E-state index contributed by atoms with van der Waals surface area (Å²) in [6.45, 7) is 1.61. The molecule has 3 rings (SSSR count). The lowest BCUT2D eigenvalue weighted by Crippen LogP contribution is -2.30. The van der Waals surface area contributed by atoms with Crippen LogP contribution in [0.2, 0.25) is 0 Å². The molecule has 2 aliphatic rings. The first kappa shape index (κ1) is 10.9. The van der Waals surface area contributed by atoms with Gasteiger partial charge in [-0.05, 0) is 24.1 Å². The summed E-state index contributed by atoms with van der Waals surface area (Å²) in [5, 5.41) is 3.38. The number of benzene rings is 1. The van der Waals surface area contributed by atoms with Crippen molar-refractivity contribution >= 4 is 29.0 Å². The van der Waals surface area contributed by atoms with Gasteiger partial charge in [-0.3, -0.25) is 4.79 Å². The van der Waals surface area contributed by atoms with Crippen molar-refractivity contribution in [2.75, 3.05) is 24.3 Å². The Bertz CT molecular complexity index is 472. The number of anilines is 2. The Morgan fingerprint density at radius 3 is 2.88 bits per heavy atom. The van der Waals surface area contributed by atoms with Crippen LogP contribution in [0.4, 0.5) is 11.4 Å². The summed E-state index contributed by atoms with van der Waals surface area (Å²) < 4.78 is 5.15. The number of aryl methyl sites for hydroxylation is 1. The number of nitrogen functional groups attached to an aromatic ring is 1. The monoisotopic (exact) mass is 250 g/mol. The van der Waals surface area contributed by atoms with Gasteiger partial charge in [0, 0.05) is 22.7 Å². The summed E-state index contributed by atoms with van der Waals surface area (Å²) in [6, 6.07) is 3.97. The van der Waals surface area contributed by atoms with Crippen LogP contribution in [0.5, 0.6) is 0 Å². The minimum atomic E-state index is 0.0738. The highest BCUT2D eigenvalue weighted by molar-refractivity contribution is 8.00. The van der Waals surface area contributed by atoms with Gasteiger partial charge in [-0.1, -0.05) is 0 Å². The van der Waals surface area contributed by atoms with E-state index >= 15 is 0 Å². The van der Waals surface area contributed by atoms with Gasteiger partial charge < -0.3 is 15.8 Å². The third-order valence-electron chi connectivity index (χ3n) is 3.03. The van der Waals surface area contributed by atoms with Crippen LogP contribution in [0.3, 0.4) is 0 Å². The smallest absolute Gasteiger partial charge is 0.224 e. The first-order chi connectivity index (χ1) is 8.22. The highest BCUT2D eigenvalue weighted by Crippen LogP contribution is 2.37. The second kappa shape index (κ2) is 4.23. The lowest BCUT2D eigenvalue weighted by atomic mass is 10.0. The number of carbonyl (C=O) groups excluding carboxylic acids is 1. The molecule has 0 unspecified atom stereocenters. The normalized spacial score (nSPS) is 19.4. The molecule has 5 heteroatoms. The maximum absolute atomic E-state index is 11.3. The summed E-state index contributed by atoms with van der Waals surface area (Å²) in [5.74, 6) is 0.0738. The summed E-state index contributed by atoms with van der Waals surface area (Å²) >= 11 is 1.77. The summed E-state index contributed by atoms with van der Waals surface area (Å²) in [7, 11) is 0. The van der Waals surface area contributed by atoms with E-state index in [4.69, 9.17) is 10.5 Å². The van der Waals surface area contributed by atoms with E-state index in [1.165, 1.54) is 5.56 Å². The number of ether oxygens (including phenoxy) is 1. The summed E-state index contributed by atoms with van der Waals surface area (Å²) in [4.78, 5) is 12.4. The first-order valence-corrected chi connectivity index (χ1v) is 6.57. The molecule has 0 aromatic heterocycles. The quantitative estimate of drug-likeness (QED) is 0.783. The second-order valence-corrected chi connectivity index (χ2v) is 5.71. The van der Waals surface area contributed by atoms with Gasteiger partial charge in [-0.15, -0.1) is 11.8 Å². The van der Waals surface area contributed by atoms with Gasteiger partial charge >= 0.3 is 0 Å². The zero-order valence-corrected chi connectivity index (χ0v) is 10.2. The second-order valence-electron chi connectivity index (χ2n) is 4.37. The van der Waals surface area contributed by atoms with Crippen molar-refractivity contribution < 1.29 is 9.53 Å². The molecule has 0 radical (unpaired) electrons. The molecule has 2 heterocycles. The molecule has 0 atom stereocenters. The molecule has 0 spiro atoms. The molecule has 90 valence electrons. The van der Waals surface area contributed by atoms with Crippen LogP contribution in [0, 0.1) is 0 Å². The molecule has 17 heavy (non-hydrogen) atoms. The van der Waals surface area contributed by atoms with Crippen molar-refractivity contribution in [3.63, 3.8) is 0 Å². The Labute approximate surface area is 104 Å². The minimum Gasteiger partial charge on any atom is -0.398 e. The molecular formula is C12H14N2O2S. The molecule has 1 saturated heterocycles. The third kappa shape index (κ3) is 2.12. The fourth-order valence-electron chi connectivity index (χ4n) is 1.99. The van der Waals surface area contributed by atoms with Gasteiger partial charge in [-0.25, -0.2) is 0 Å². The molecule has 1 amide bonds. The summed E-state index contributed by atoms with van der Waals surface area (Å²) in [6.07, 6.45) is 1.36. The molecule has 3 N–H and O–H groups in total. The van der Waals surface area contributed by atoms with E-state index < -0.39 is 0 Å². The Hall–Kier alpha value is -1.20. The number of fused-ring (bicyclic) bond motifs is 1. The number of hydrogen-bond donors (Lipinski definition) is 2. The third-order valence-corrected chi connectivity index (χ3v) is 4.25. The molecule has 1 aromatic rings. The van der Waals surface area contributed by atoms with Gasteiger partial charge in [-0.2, -0.15) is 0 Å². The van der Waals surface area contributed by atoms with E-state index in [1.807, 2.05) is 6.07 Å². The van der Waals surface area contributed by atoms with Gasteiger partial charge in [0.05, 0.1) is 18.5 Å². The van der Waals surface area contributed by atoms with E-state index in [-0.39, 0.29) is 5.91 Å². The molecule has 0 saturated carbocycles. The Morgan fingerprint density at radius 1 is 1.35 bits per heavy atom. The van der Waals surface area contributed by atoms with Crippen LogP contribution in [-0.4, -0.2) is 24.4 Å². The molecular weight excluding hydrogens is 236 g/mol. The van der Waals surface area contributed by atoms with E-state index in [9.17, 15) is 4.79 Å². The average molecular weight is 250 g/mol. The zero-order valence-electron chi connectivity index (χ0n) is 9.36. The largest absolute Gasteiger partial charge is 0.398 e. The predicted octanol–water partition coefficient (Wildman–Crippen LogP) is 1.64. The minimum absolute atomic E-state index is 0.0738. The van der Waals surface area contributed by atoms with E-state index in [0.29, 0.717) is 11.7 Å². The standard InChI is InChI=1S/C12H14N2O2S/c13-9-4-10-7(1-2-12(15)14-10)3-11(9)17-8-5-16-6-8/h3-4,8H,1-2,5-6,13H2,(H,14,15). The molecule has 0 bridgehead atoms. The van der Waals surface area contributed by atoms with E-state index in [1.54, 1.807) is 11.8 Å². The van der Waals surface area contributed by atoms with Crippen LogP contribution in [-0.2, 0) is 16.0 Å². The Balaban J connectivity index is 1.87.